The van der Waals surface area contributed by atoms with Crippen LogP contribution in [0.5, 0.6) is 0 Å². The fraction of sp³-hybridized carbons (Fsp3) is 0.533. The molecule has 1 aromatic carbocycles. The van der Waals surface area contributed by atoms with Gasteiger partial charge in [-0.3, -0.25) is 4.79 Å². The van der Waals surface area contributed by atoms with Crippen LogP contribution in [-0.2, 0) is 14.6 Å². The molecule has 0 spiro atoms. The first kappa shape index (κ1) is 18.9. The molecule has 2 atom stereocenters. The van der Waals surface area contributed by atoms with Gasteiger partial charge in [0.05, 0.1) is 11.5 Å². The number of benzene rings is 1. The van der Waals surface area contributed by atoms with Crippen LogP contribution in [0.15, 0.2) is 30.3 Å². The molecule has 1 heterocycles. The molecule has 0 bridgehead atoms. The summed E-state index contributed by atoms with van der Waals surface area (Å²) in [4.78, 5) is 14.1. The number of nitrogens with zero attached hydrogens (tertiary/aromatic N) is 1. The Balaban J connectivity index is 0.00000242. The number of hydrogen-bond acceptors (Lipinski definition) is 4. The predicted octanol–water partition coefficient (Wildman–Crippen LogP) is 1.53. The minimum Gasteiger partial charge on any atom is -0.339 e. The van der Waals surface area contributed by atoms with Crippen molar-refractivity contribution in [1.29, 1.82) is 0 Å². The molecule has 2 N–H and O–H groups in total. The van der Waals surface area contributed by atoms with E-state index in [0.29, 0.717) is 13.0 Å². The zero-order chi connectivity index (χ0) is 15.5. The molecule has 5 nitrogen and oxygen atoms in total. The highest BCUT2D eigenvalue weighted by molar-refractivity contribution is 7.91. The number of carbonyl (C=O) groups is 1. The number of amides is 1. The van der Waals surface area contributed by atoms with E-state index >= 15 is 0 Å². The molecule has 0 radical (unpaired) electrons. The molecule has 1 saturated heterocycles. The number of sulfone groups is 1. The third-order valence-electron chi connectivity index (χ3n) is 3.93. The van der Waals surface area contributed by atoms with Gasteiger partial charge in [-0.05, 0) is 18.9 Å². The summed E-state index contributed by atoms with van der Waals surface area (Å²) in [7, 11) is -2.99. The summed E-state index contributed by atoms with van der Waals surface area (Å²) < 4.78 is 23.1. The average Bonchev–Trinajstić information content (AvgIpc) is 2.80. The molecule has 2 rings (SSSR count). The summed E-state index contributed by atoms with van der Waals surface area (Å²) in [6, 6.07) is 8.92. The van der Waals surface area contributed by atoms with Crippen molar-refractivity contribution < 1.29 is 13.2 Å². The summed E-state index contributed by atoms with van der Waals surface area (Å²) in [5.74, 6) is 0.176. The van der Waals surface area contributed by atoms with E-state index < -0.39 is 9.84 Å². The molecule has 0 aromatic heterocycles. The van der Waals surface area contributed by atoms with Crippen molar-refractivity contribution >= 4 is 28.2 Å². The van der Waals surface area contributed by atoms with Gasteiger partial charge < -0.3 is 10.6 Å². The molecule has 124 valence electrons. The minimum atomic E-state index is -2.99. The van der Waals surface area contributed by atoms with Crippen molar-refractivity contribution in [3.8, 4) is 0 Å². The molecule has 22 heavy (non-hydrogen) atoms. The smallest absolute Gasteiger partial charge is 0.224 e. The first-order valence-corrected chi connectivity index (χ1v) is 9.05. The van der Waals surface area contributed by atoms with Gasteiger partial charge in [-0.2, -0.15) is 0 Å². The largest absolute Gasteiger partial charge is 0.339 e. The Morgan fingerprint density at radius 3 is 2.50 bits per heavy atom. The highest BCUT2D eigenvalue weighted by atomic mass is 35.5. The fourth-order valence-electron chi connectivity index (χ4n) is 2.78. The highest BCUT2D eigenvalue weighted by Gasteiger charge is 2.34. The van der Waals surface area contributed by atoms with Crippen LogP contribution in [0, 0.1) is 0 Å². The summed E-state index contributed by atoms with van der Waals surface area (Å²) in [6.45, 7) is 2.39. The molecule has 1 aromatic rings. The molecule has 1 aliphatic heterocycles. The van der Waals surface area contributed by atoms with E-state index in [1.165, 1.54) is 0 Å². The van der Waals surface area contributed by atoms with Gasteiger partial charge in [0.15, 0.2) is 9.84 Å². The summed E-state index contributed by atoms with van der Waals surface area (Å²) in [6.07, 6.45) is 0.733. The van der Waals surface area contributed by atoms with Crippen LogP contribution < -0.4 is 5.73 Å². The Hall–Kier alpha value is -1.11. The summed E-state index contributed by atoms with van der Waals surface area (Å²) in [5.41, 5.74) is 6.99. The Labute approximate surface area is 138 Å². The Morgan fingerprint density at radius 2 is 2.00 bits per heavy atom. The maximum atomic E-state index is 12.4. The summed E-state index contributed by atoms with van der Waals surface area (Å²) in [5, 5.41) is 0. The molecular weight excluding hydrogens is 324 g/mol. The first-order chi connectivity index (χ1) is 9.93. The lowest BCUT2D eigenvalue weighted by molar-refractivity contribution is -0.133. The molecule has 0 saturated carbocycles. The second-order valence-corrected chi connectivity index (χ2v) is 7.69. The number of hydrogen-bond donors (Lipinski definition) is 1. The third-order valence-corrected chi connectivity index (χ3v) is 5.68. The lowest BCUT2D eigenvalue weighted by Gasteiger charge is -2.28. The fourth-order valence-corrected chi connectivity index (χ4v) is 4.51. The molecule has 1 fully saturated rings. The Morgan fingerprint density at radius 1 is 1.36 bits per heavy atom. The van der Waals surface area contributed by atoms with Gasteiger partial charge in [0, 0.05) is 25.0 Å². The normalized spacial score (nSPS) is 20.9. The van der Waals surface area contributed by atoms with Crippen LogP contribution in [0.25, 0.3) is 0 Å². The molecule has 0 aliphatic carbocycles. The maximum absolute atomic E-state index is 12.4. The van der Waals surface area contributed by atoms with E-state index in [2.05, 4.69) is 0 Å². The van der Waals surface area contributed by atoms with Crippen molar-refractivity contribution in [2.45, 2.75) is 31.8 Å². The topological polar surface area (TPSA) is 80.5 Å². The summed E-state index contributed by atoms with van der Waals surface area (Å²) >= 11 is 0. The second kappa shape index (κ2) is 7.94. The van der Waals surface area contributed by atoms with Gasteiger partial charge in [0.1, 0.15) is 0 Å². The van der Waals surface area contributed by atoms with Crippen molar-refractivity contribution in [3.63, 3.8) is 0 Å². The van der Waals surface area contributed by atoms with E-state index in [1.807, 2.05) is 37.3 Å². The van der Waals surface area contributed by atoms with Crippen molar-refractivity contribution in [2.75, 3.05) is 18.1 Å². The maximum Gasteiger partial charge on any atom is 0.224 e. The van der Waals surface area contributed by atoms with Crippen LogP contribution in [-0.4, -0.2) is 43.3 Å². The van der Waals surface area contributed by atoms with Gasteiger partial charge in [-0.25, -0.2) is 8.42 Å². The van der Waals surface area contributed by atoms with Gasteiger partial charge in [0.2, 0.25) is 5.91 Å². The van der Waals surface area contributed by atoms with E-state index in [1.54, 1.807) is 4.90 Å². The van der Waals surface area contributed by atoms with Crippen LogP contribution >= 0.6 is 12.4 Å². The highest BCUT2D eigenvalue weighted by Crippen LogP contribution is 2.21. The first-order valence-electron chi connectivity index (χ1n) is 7.23. The molecule has 1 amide bonds. The predicted molar refractivity (Wildman–Crippen MR) is 89.7 cm³/mol. The van der Waals surface area contributed by atoms with E-state index in [0.717, 1.165) is 5.56 Å². The quantitative estimate of drug-likeness (QED) is 0.876. The number of rotatable bonds is 5. The van der Waals surface area contributed by atoms with Gasteiger partial charge >= 0.3 is 0 Å². The lowest BCUT2D eigenvalue weighted by Crippen LogP contribution is -2.42. The van der Waals surface area contributed by atoms with Crippen LogP contribution in [0.2, 0.25) is 0 Å². The SMILES string of the molecule is CCN(C(=O)CC(N)c1ccccc1)C1CCS(=O)(=O)C1.Cl. The molecular formula is C15H23ClN2O3S. The molecule has 1 aliphatic rings. The van der Waals surface area contributed by atoms with E-state index in [9.17, 15) is 13.2 Å². The van der Waals surface area contributed by atoms with E-state index in [4.69, 9.17) is 5.73 Å². The standard InChI is InChI=1S/C15H22N2O3S.ClH/c1-2-17(13-8-9-21(19,20)11-13)15(18)10-14(16)12-6-4-3-5-7-12;/h3-7,13-14H,2,8-11,16H2,1H3;1H. The monoisotopic (exact) mass is 346 g/mol. The van der Waals surface area contributed by atoms with Crippen LogP contribution in [0.4, 0.5) is 0 Å². The lowest BCUT2D eigenvalue weighted by atomic mass is 10.0. The van der Waals surface area contributed by atoms with Crippen molar-refractivity contribution in [2.24, 2.45) is 5.73 Å². The number of halogens is 1. The van der Waals surface area contributed by atoms with Gasteiger partial charge in [0.25, 0.3) is 0 Å². The van der Waals surface area contributed by atoms with Gasteiger partial charge in [-0.15, -0.1) is 12.4 Å². The Bertz CT molecular complexity index is 592. The minimum absolute atomic E-state index is 0. The zero-order valence-electron chi connectivity index (χ0n) is 12.6. The van der Waals surface area contributed by atoms with Gasteiger partial charge in [-0.1, -0.05) is 30.3 Å². The van der Waals surface area contributed by atoms with Crippen LogP contribution in [0.1, 0.15) is 31.4 Å². The van der Waals surface area contributed by atoms with Crippen molar-refractivity contribution in [1.82, 2.24) is 4.90 Å². The average molecular weight is 347 g/mol. The molecule has 7 heteroatoms. The number of nitrogens with two attached hydrogens (primary N) is 1. The second-order valence-electron chi connectivity index (χ2n) is 5.46. The van der Waals surface area contributed by atoms with Crippen molar-refractivity contribution in [3.05, 3.63) is 35.9 Å². The Kier molecular flexibility index (Phi) is 6.84. The zero-order valence-corrected chi connectivity index (χ0v) is 14.3. The third kappa shape index (κ3) is 4.69. The number of carbonyl (C=O) groups excluding carboxylic acids is 1. The molecule has 2 unspecified atom stereocenters. The van der Waals surface area contributed by atoms with E-state index in [-0.39, 0.29) is 48.3 Å². The van der Waals surface area contributed by atoms with Crippen LogP contribution in [0.3, 0.4) is 0 Å².